The molecule has 0 fully saturated rings. The number of amides is 2. The van der Waals surface area contributed by atoms with Crippen molar-refractivity contribution in [2.24, 2.45) is 7.05 Å². The molecule has 22 heavy (non-hydrogen) atoms. The maximum absolute atomic E-state index is 11.9. The average Bonchev–Trinajstić information content (AvgIpc) is 2.99. The van der Waals surface area contributed by atoms with Crippen molar-refractivity contribution in [2.45, 2.75) is 26.9 Å². The number of hydrogen-bond donors (Lipinski definition) is 2. The van der Waals surface area contributed by atoms with Crippen LogP contribution >= 0.6 is 0 Å². The molecule has 0 radical (unpaired) electrons. The minimum atomic E-state index is -0.267. The summed E-state index contributed by atoms with van der Waals surface area (Å²) >= 11 is 0. The molecule has 2 N–H and O–H groups in total. The fourth-order valence-corrected chi connectivity index (χ4v) is 2.22. The number of aromatic nitrogens is 4. The zero-order valence-electron chi connectivity index (χ0n) is 13.4. The normalized spacial score (nSPS) is 10.7. The number of nitrogens with one attached hydrogen (secondary N) is 2. The van der Waals surface area contributed by atoms with Crippen LogP contribution in [0.4, 0.5) is 10.5 Å². The van der Waals surface area contributed by atoms with E-state index in [1.807, 2.05) is 18.5 Å². The van der Waals surface area contributed by atoms with Gasteiger partial charge < -0.3 is 15.4 Å². The summed E-state index contributed by atoms with van der Waals surface area (Å²) in [4.78, 5) is 11.9. The zero-order chi connectivity index (χ0) is 16.1. The third-order valence-electron chi connectivity index (χ3n) is 3.43. The lowest BCUT2D eigenvalue weighted by atomic mass is 10.2. The summed E-state index contributed by atoms with van der Waals surface area (Å²) in [5.41, 5.74) is 3.63. The highest BCUT2D eigenvalue weighted by Gasteiger charge is 2.12. The molecule has 8 heteroatoms. The van der Waals surface area contributed by atoms with Crippen LogP contribution in [0.1, 0.15) is 17.0 Å². The number of methoxy groups -OCH3 is 1. The van der Waals surface area contributed by atoms with Crippen molar-refractivity contribution < 1.29 is 9.53 Å². The third-order valence-corrected chi connectivity index (χ3v) is 3.43. The first-order valence-corrected chi connectivity index (χ1v) is 7.06. The van der Waals surface area contributed by atoms with Crippen LogP contribution in [0.25, 0.3) is 0 Å². The van der Waals surface area contributed by atoms with Gasteiger partial charge in [-0.15, -0.1) is 0 Å². The minimum Gasteiger partial charge on any atom is -0.383 e. The highest BCUT2D eigenvalue weighted by Crippen LogP contribution is 2.13. The summed E-state index contributed by atoms with van der Waals surface area (Å²) in [6.07, 6.45) is 3.33. The Bertz CT molecular complexity index is 646. The van der Waals surface area contributed by atoms with Crippen LogP contribution in [0.3, 0.4) is 0 Å². The molecule has 2 aromatic heterocycles. The Hall–Kier alpha value is -2.35. The van der Waals surface area contributed by atoms with E-state index in [0.717, 1.165) is 17.0 Å². The molecule has 0 aliphatic heterocycles. The topological polar surface area (TPSA) is 86.0 Å². The Morgan fingerprint density at radius 3 is 2.82 bits per heavy atom. The van der Waals surface area contributed by atoms with E-state index in [9.17, 15) is 4.79 Å². The van der Waals surface area contributed by atoms with Gasteiger partial charge in [-0.25, -0.2) is 4.79 Å². The Balaban J connectivity index is 1.93. The second-order valence-corrected chi connectivity index (χ2v) is 5.08. The molecule has 0 aromatic carbocycles. The van der Waals surface area contributed by atoms with Crippen LogP contribution in [0.2, 0.25) is 0 Å². The summed E-state index contributed by atoms with van der Waals surface area (Å²) in [7, 11) is 3.46. The van der Waals surface area contributed by atoms with Gasteiger partial charge in [-0.1, -0.05) is 0 Å². The van der Waals surface area contributed by atoms with Crippen molar-refractivity contribution >= 4 is 11.7 Å². The van der Waals surface area contributed by atoms with Gasteiger partial charge in [-0.3, -0.25) is 9.36 Å². The molecule has 8 nitrogen and oxygen atoms in total. The van der Waals surface area contributed by atoms with Crippen molar-refractivity contribution in [3.05, 3.63) is 29.3 Å². The predicted octanol–water partition coefficient (Wildman–Crippen LogP) is 1.20. The average molecular weight is 306 g/mol. The van der Waals surface area contributed by atoms with Crippen LogP contribution in [0.15, 0.2) is 12.4 Å². The molecule has 0 unspecified atom stereocenters. The Morgan fingerprint density at radius 1 is 1.41 bits per heavy atom. The lowest BCUT2D eigenvalue weighted by Gasteiger charge is -2.07. The number of carbonyl (C=O) groups excluding carboxylic acids is 1. The van der Waals surface area contributed by atoms with E-state index in [1.165, 1.54) is 0 Å². The number of carbonyl (C=O) groups is 1. The van der Waals surface area contributed by atoms with E-state index in [1.54, 1.807) is 31.2 Å². The van der Waals surface area contributed by atoms with Crippen molar-refractivity contribution in [2.75, 3.05) is 19.0 Å². The van der Waals surface area contributed by atoms with Crippen molar-refractivity contribution in [3.63, 3.8) is 0 Å². The number of urea groups is 1. The summed E-state index contributed by atoms with van der Waals surface area (Å²) in [5, 5.41) is 14.0. The molecule has 2 rings (SSSR count). The zero-order valence-corrected chi connectivity index (χ0v) is 13.4. The maximum Gasteiger partial charge on any atom is 0.319 e. The highest BCUT2D eigenvalue weighted by atomic mass is 16.5. The van der Waals surface area contributed by atoms with E-state index in [2.05, 4.69) is 20.8 Å². The molecule has 2 heterocycles. The van der Waals surface area contributed by atoms with E-state index >= 15 is 0 Å². The van der Waals surface area contributed by atoms with Crippen LogP contribution in [-0.2, 0) is 24.9 Å². The number of rotatable bonds is 6. The SMILES string of the molecule is COCCn1nc(C)c(CNC(=O)Nc2cnn(C)c2)c1C. The van der Waals surface area contributed by atoms with Gasteiger partial charge in [0.05, 0.1) is 30.7 Å². The number of aryl methyl sites for hydroxylation is 2. The molecule has 0 spiro atoms. The van der Waals surface area contributed by atoms with Gasteiger partial charge in [-0.05, 0) is 13.8 Å². The molecule has 2 amide bonds. The van der Waals surface area contributed by atoms with Gasteiger partial charge in [0.1, 0.15) is 0 Å². The first kappa shape index (κ1) is 16.0. The Labute approximate surface area is 129 Å². The molecule has 0 saturated heterocycles. The van der Waals surface area contributed by atoms with Gasteiger partial charge >= 0.3 is 6.03 Å². The van der Waals surface area contributed by atoms with Gasteiger partial charge in [0.25, 0.3) is 0 Å². The smallest absolute Gasteiger partial charge is 0.319 e. The van der Waals surface area contributed by atoms with E-state index in [-0.39, 0.29) is 6.03 Å². The number of hydrogen-bond acceptors (Lipinski definition) is 4. The van der Waals surface area contributed by atoms with Crippen molar-refractivity contribution in [3.8, 4) is 0 Å². The van der Waals surface area contributed by atoms with Gasteiger partial charge in [0.15, 0.2) is 0 Å². The maximum atomic E-state index is 11.9. The second kappa shape index (κ2) is 7.08. The summed E-state index contributed by atoms with van der Waals surface area (Å²) in [6.45, 7) is 5.66. The largest absolute Gasteiger partial charge is 0.383 e. The van der Waals surface area contributed by atoms with E-state index < -0.39 is 0 Å². The molecule has 2 aromatic rings. The molecule has 0 atom stereocenters. The molecular weight excluding hydrogens is 284 g/mol. The molecule has 0 aliphatic rings. The second-order valence-electron chi connectivity index (χ2n) is 5.08. The first-order chi connectivity index (χ1) is 10.5. The standard InChI is InChI=1S/C14H22N6O2/c1-10-13(11(2)20(18-10)5-6-22-4)8-15-14(21)17-12-7-16-19(3)9-12/h7,9H,5-6,8H2,1-4H3,(H2,15,17,21). The van der Waals surface area contributed by atoms with Gasteiger partial charge in [0.2, 0.25) is 0 Å². The number of anilines is 1. The van der Waals surface area contributed by atoms with E-state index in [0.29, 0.717) is 25.4 Å². The van der Waals surface area contributed by atoms with Crippen LogP contribution in [-0.4, -0.2) is 39.3 Å². The molecular formula is C14H22N6O2. The first-order valence-electron chi connectivity index (χ1n) is 7.06. The molecule has 120 valence electrons. The van der Waals surface area contributed by atoms with Gasteiger partial charge in [0, 0.05) is 38.2 Å². The number of ether oxygens (including phenoxy) is 1. The highest BCUT2D eigenvalue weighted by molar-refractivity contribution is 5.88. The van der Waals surface area contributed by atoms with Crippen molar-refractivity contribution in [1.82, 2.24) is 24.9 Å². The predicted molar refractivity (Wildman–Crippen MR) is 82.6 cm³/mol. The summed E-state index contributed by atoms with van der Waals surface area (Å²) in [5.74, 6) is 0. The Kier molecular flexibility index (Phi) is 5.16. The fraction of sp³-hybridized carbons (Fsp3) is 0.500. The van der Waals surface area contributed by atoms with Crippen LogP contribution in [0.5, 0.6) is 0 Å². The minimum absolute atomic E-state index is 0.267. The quantitative estimate of drug-likeness (QED) is 0.839. The monoisotopic (exact) mass is 306 g/mol. The van der Waals surface area contributed by atoms with Crippen molar-refractivity contribution in [1.29, 1.82) is 0 Å². The van der Waals surface area contributed by atoms with Gasteiger partial charge in [-0.2, -0.15) is 10.2 Å². The van der Waals surface area contributed by atoms with Crippen LogP contribution < -0.4 is 10.6 Å². The third kappa shape index (κ3) is 3.85. The molecule has 0 aliphatic carbocycles. The Morgan fingerprint density at radius 2 is 2.18 bits per heavy atom. The summed E-state index contributed by atoms with van der Waals surface area (Å²) in [6, 6.07) is -0.267. The van der Waals surface area contributed by atoms with Crippen LogP contribution in [0, 0.1) is 13.8 Å². The number of nitrogens with zero attached hydrogens (tertiary/aromatic N) is 4. The lowest BCUT2D eigenvalue weighted by molar-refractivity contribution is 0.182. The fourth-order valence-electron chi connectivity index (χ4n) is 2.22. The molecule has 0 bridgehead atoms. The van der Waals surface area contributed by atoms with E-state index in [4.69, 9.17) is 4.74 Å². The molecule has 0 saturated carbocycles. The lowest BCUT2D eigenvalue weighted by Crippen LogP contribution is -2.28. The summed E-state index contributed by atoms with van der Waals surface area (Å²) < 4.78 is 8.59.